The maximum atomic E-state index is 13.3. The molecule has 5 aromatic rings. The van der Waals surface area contributed by atoms with Gasteiger partial charge in [-0.15, -0.1) is 0 Å². The van der Waals surface area contributed by atoms with Crippen molar-refractivity contribution in [3.8, 4) is 5.75 Å². The number of rotatable bonds is 4. The van der Waals surface area contributed by atoms with Gasteiger partial charge < -0.3 is 14.5 Å². The van der Waals surface area contributed by atoms with Gasteiger partial charge in [0.25, 0.3) is 5.91 Å². The van der Waals surface area contributed by atoms with Crippen LogP contribution in [0.15, 0.2) is 89.3 Å². The predicted molar refractivity (Wildman–Crippen MR) is 131 cm³/mol. The number of furan rings is 1. The van der Waals surface area contributed by atoms with Crippen LogP contribution in [0.25, 0.3) is 32.7 Å². The van der Waals surface area contributed by atoms with E-state index >= 15 is 0 Å². The van der Waals surface area contributed by atoms with Crippen LogP contribution in [0.5, 0.6) is 5.75 Å². The fourth-order valence-electron chi connectivity index (χ4n) is 4.60. The normalized spacial score (nSPS) is 17.9. The Bertz CT molecular complexity index is 1670. The minimum atomic E-state index is -1.28. The van der Waals surface area contributed by atoms with Crippen molar-refractivity contribution in [1.82, 2.24) is 10.2 Å². The zero-order valence-electron chi connectivity index (χ0n) is 18.8. The molecule has 7 heteroatoms. The number of nitrogens with zero attached hydrogens (tertiary/aromatic N) is 1. The third kappa shape index (κ3) is 3.40. The van der Waals surface area contributed by atoms with Crippen LogP contribution < -0.4 is 10.1 Å². The molecule has 1 fully saturated rings. The number of ether oxygens (including phenoxy) is 1. The molecule has 1 aliphatic rings. The molecule has 3 amide bonds. The number of amides is 3. The minimum absolute atomic E-state index is 0.304. The van der Waals surface area contributed by atoms with E-state index in [9.17, 15) is 14.4 Å². The zero-order chi connectivity index (χ0) is 24.2. The number of carbonyl (C=O) groups excluding carboxylic acids is 3. The first-order valence-corrected chi connectivity index (χ1v) is 11.2. The lowest BCUT2D eigenvalue weighted by atomic mass is 9.90. The van der Waals surface area contributed by atoms with Gasteiger partial charge in [-0.3, -0.25) is 9.69 Å². The van der Waals surface area contributed by atoms with Gasteiger partial charge in [-0.1, -0.05) is 54.6 Å². The third-order valence-electron chi connectivity index (χ3n) is 6.47. The molecule has 1 aliphatic heterocycles. The van der Waals surface area contributed by atoms with Gasteiger partial charge in [-0.05, 0) is 53.6 Å². The molecule has 6 rings (SSSR count). The van der Waals surface area contributed by atoms with Crippen LogP contribution in [-0.4, -0.2) is 29.4 Å². The van der Waals surface area contributed by atoms with Crippen LogP contribution in [-0.2, 0) is 15.1 Å². The van der Waals surface area contributed by atoms with Crippen molar-refractivity contribution in [1.29, 1.82) is 0 Å². The highest BCUT2D eigenvalue weighted by atomic mass is 16.5. The standard InChI is InChI=1S/C28H20N2O5/c1-28(19-11-10-17-6-2-3-7-18(17)14-19)26(32)30(27(33)29-28)16-25(31)34-20-12-13-24-22(15-20)21-8-4-5-9-23(21)35-24/h2-15H,16H2,1H3,(H,29,33)/t28-/m0/s1. The molecule has 7 nitrogen and oxygen atoms in total. The van der Waals surface area contributed by atoms with E-state index in [2.05, 4.69) is 5.32 Å². The minimum Gasteiger partial charge on any atom is -0.456 e. The number of hydrogen-bond acceptors (Lipinski definition) is 5. The highest BCUT2D eigenvalue weighted by Gasteiger charge is 2.49. The topological polar surface area (TPSA) is 88.8 Å². The summed E-state index contributed by atoms with van der Waals surface area (Å²) >= 11 is 0. The second kappa shape index (κ2) is 7.70. The van der Waals surface area contributed by atoms with E-state index in [1.807, 2.05) is 66.7 Å². The van der Waals surface area contributed by atoms with E-state index in [1.54, 1.807) is 25.1 Å². The molecule has 0 saturated carbocycles. The molecule has 35 heavy (non-hydrogen) atoms. The number of para-hydroxylation sites is 1. The van der Waals surface area contributed by atoms with Crippen molar-refractivity contribution in [3.63, 3.8) is 0 Å². The molecule has 0 unspecified atom stereocenters. The molecule has 0 radical (unpaired) electrons. The Morgan fingerprint density at radius 3 is 2.49 bits per heavy atom. The van der Waals surface area contributed by atoms with E-state index in [0.717, 1.165) is 32.0 Å². The van der Waals surface area contributed by atoms with Crippen LogP contribution in [0.2, 0.25) is 0 Å². The Kier molecular flexibility index (Phi) is 4.60. The highest BCUT2D eigenvalue weighted by Crippen LogP contribution is 2.33. The van der Waals surface area contributed by atoms with Crippen molar-refractivity contribution in [2.24, 2.45) is 0 Å². The number of fused-ring (bicyclic) bond motifs is 4. The van der Waals surface area contributed by atoms with Crippen LogP contribution >= 0.6 is 0 Å². The summed E-state index contributed by atoms with van der Waals surface area (Å²) < 4.78 is 11.3. The van der Waals surface area contributed by atoms with E-state index in [-0.39, 0.29) is 0 Å². The third-order valence-corrected chi connectivity index (χ3v) is 6.47. The van der Waals surface area contributed by atoms with E-state index in [0.29, 0.717) is 16.9 Å². The second-order valence-corrected chi connectivity index (χ2v) is 8.74. The summed E-state index contributed by atoms with van der Waals surface area (Å²) in [5.74, 6) is -0.923. The smallest absolute Gasteiger partial charge is 0.331 e. The van der Waals surface area contributed by atoms with Gasteiger partial charge >= 0.3 is 12.0 Å². The zero-order valence-corrected chi connectivity index (χ0v) is 18.8. The number of benzene rings is 4. The van der Waals surface area contributed by atoms with Gasteiger partial charge in [-0.2, -0.15) is 0 Å². The van der Waals surface area contributed by atoms with E-state index in [4.69, 9.17) is 9.15 Å². The van der Waals surface area contributed by atoms with Gasteiger partial charge in [0.05, 0.1) is 0 Å². The average Bonchev–Trinajstić information content (AvgIpc) is 3.34. The summed E-state index contributed by atoms with van der Waals surface area (Å²) in [7, 11) is 0. The van der Waals surface area contributed by atoms with Crippen LogP contribution in [0.1, 0.15) is 12.5 Å². The van der Waals surface area contributed by atoms with Crippen molar-refractivity contribution in [2.75, 3.05) is 6.54 Å². The Hall–Kier alpha value is -4.65. The lowest BCUT2D eigenvalue weighted by Crippen LogP contribution is -2.42. The Labute approximate surface area is 199 Å². The molecule has 1 saturated heterocycles. The first-order chi connectivity index (χ1) is 16.9. The number of esters is 1. The summed E-state index contributed by atoms with van der Waals surface area (Å²) in [6.07, 6.45) is 0. The molecular weight excluding hydrogens is 444 g/mol. The van der Waals surface area contributed by atoms with Gasteiger partial charge in [0.15, 0.2) is 0 Å². The largest absolute Gasteiger partial charge is 0.456 e. The van der Waals surface area contributed by atoms with Gasteiger partial charge in [-0.25, -0.2) is 9.59 Å². The Balaban J connectivity index is 1.22. The van der Waals surface area contributed by atoms with E-state index in [1.165, 1.54) is 0 Å². The van der Waals surface area contributed by atoms with Crippen LogP contribution in [0, 0.1) is 0 Å². The second-order valence-electron chi connectivity index (χ2n) is 8.74. The highest BCUT2D eigenvalue weighted by molar-refractivity contribution is 6.09. The van der Waals surface area contributed by atoms with Crippen LogP contribution in [0.4, 0.5) is 4.79 Å². The number of hydrogen-bond donors (Lipinski definition) is 1. The molecule has 4 aromatic carbocycles. The molecule has 0 spiro atoms. The Morgan fingerprint density at radius 1 is 0.886 bits per heavy atom. The maximum absolute atomic E-state index is 13.3. The van der Waals surface area contributed by atoms with Crippen molar-refractivity contribution >= 4 is 50.6 Å². The summed E-state index contributed by atoms with van der Waals surface area (Å²) in [5, 5.41) is 6.43. The first-order valence-electron chi connectivity index (χ1n) is 11.2. The fraction of sp³-hybridized carbons (Fsp3) is 0.107. The van der Waals surface area contributed by atoms with E-state index < -0.39 is 30.0 Å². The SMILES string of the molecule is C[C@@]1(c2ccc3ccccc3c2)NC(=O)N(CC(=O)Oc2ccc3oc4ccccc4c3c2)C1=O. The predicted octanol–water partition coefficient (Wildman–Crippen LogP) is 5.11. The molecular formula is C28H20N2O5. The first kappa shape index (κ1) is 20.9. The molecule has 172 valence electrons. The van der Waals surface area contributed by atoms with Gasteiger partial charge in [0.1, 0.15) is 29.0 Å². The number of imide groups is 1. The van der Waals surface area contributed by atoms with Crippen molar-refractivity contribution in [2.45, 2.75) is 12.5 Å². The molecule has 0 aliphatic carbocycles. The molecule has 2 heterocycles. The Morgan fingerprint density at radius 2 is 1.63 bits per heavy atom. The maximum Gasteiger partial charge on any atom is 0.331 e. The fourth-order valence-corrected chi connectivity index (χ4v) is 4.60. The quantitative estimate of drug-likeness (QED) is 0.227. The van der Waals surface area contributed by atoms with Gasteiger partial charge in [0.2, 0.25) is 0 Å². The number of nitrogens with one attached hydrogen (secondary N) is 1. The molecule has 0 bridgehead atoms. The lowest BCUT2D eigenvalue weighted by Gasteiger charge is -2.22. The average molecular weight is 464 g/mol. The summed E-state index contributed by atoms with van der Waals surface area (Å²) in [6.45, 7) is 1.14. The number of urea groups is 1. The van der Waals surface area contributed by atoms with Crippen molar-refractivity contribution in [3.05, 3.63) is 90.5 Å². The molecule has 1 aromatic heterocycles. The van der Waals surface area contributed by atoms with Gasteiger partial charge in [0, 0.05) is 10.8 Å². The summed E-state index contributed by atoms with van der Waals surface area (Å²) in [5.41, 5.74) is 0.767. The van der Waals surface area contributed by atoms with Crippen LogP contribution in [0.3, 0.4) is 0 Å². The monoisotopic (exact) mass is 464 g/mol. The number of carbonyl (C=O) groups is 3. The summed E-state index contributed by atoms with van der Waals surface area (Å²) in [4.78, 5) is 39.5. The van der Waals surface area contributed by atoms with Crippen molar-refractivity contribution < 1.29 is 23.5 Å². The summed E-state index contributed by atoms with van der Waals surface area (Å²) in [6, 6.07) is 25.4. The molecule has 1 atom stereocenters. The lowest BCUT2D eigenvalue weighted by molar-refractivity contribution is -0.140. The molecule has 1 N–H and O–H groups in total.